The summed E-state index contributed by atoms with van der Waals surface area (Å²) in [5, 5.41) is 0.969. The van der Waals surface area contributed by atoms with Crippen molar-refractivity contribution in [1.29, 1.82) is 0 Å². The van der Waals surface area contributed by atoms with Gasteiger partial charge in [-0.1, -0.05) is 38.1 Å². The lowest BCUT2D eigenvalue weighted by atomic mass is 9.95. The second-order valence-corrected chi connectivity index (χ2v) is 7.97. The first kappa shape index (κ1) is 15.0. The van der Waals surface area contributed by atoms with E-state index in [0.29, 0.717) is 0 Å². The van der Waals surface area contributed by atoms with Crippen LogP contribution >= 0.6 is 0 Å². The fourth-order valence-electron chi connectivity index (χ4n) is 4.43. The van der Waals surface area contributed by atoms with Gasteiger partial charge >= 0.3 is 0 Å². The molecule has 0 saturated carbocycles. The zero-order valence-electron chi connectivity index (χ0n) is 18.8. The molecule has 3 heteroatoms. The van der Waals surface area contributed by atoms with Crippen LogP contribution in [0.2, 0.25) is 0 Å². The Morgan fingerprint density at radius 2 is 2.04 bits per heavy atom. The number of fused-ring (bicyclic) bond motifs is 4. The standard InChI is InChI=1S/C25H26N3/c1-16(2)14-18-6-5-7-21-20(18)10-11-22(27(21)4)24-17(3)8-9-19-15-23-26-12-13-28(23)25(19)24/h5-13,16H,14-15H2,1-4H3/q+1/i14D2. The van der Waals surface area contributed by atoms with Crippen LogP contribution in [0.5, 0.6) is 0 Å². The average molecular weight is 371 g/mol. The molecule has 0 unspecified atom stereocenters. The molecule has 2 aromatic heterocycles. The molecule has 3 nitrogen and oxygen atoms in total. The highest BCUT2D eigenvalue weighted by atomic mass is 15.1. The number of aryl methyl sites for hydroxylation is 2. The highest BCUT2D eigenvalue weighted by Crippen LogP contribution is 2.37. The van der Waals surface area contributed by atoms with Crippen LogP contribution in [-0.4, -0.2) is 9.55 Å². The summed E-state index contributed by atoms with van der Waals surface area (Å²) >= 11 is 0. The van der Waals surface area contributed by atoms with Gasteiger partial charge in [0.05, 0.1) is 11.3 Å². The maximum absolute atomic E-state index is 8.64. The number of nitrogens with zero attached hydrogens (tertiary/aromatic N) is 3. The SMILES string of the molecule is [2H]C([2H])(c1cccc2c1ccc(-c1c(C)ccc3c1-n1ccnc1C3)[n+]2C)C(C)C. The van der Waals surface area contributed by atoms with Gasteiger partial charge in [0.2, 0.25) is 11.2 Å². The molecule has 0 radical (unpaired) electrons. The summed E-state index contributed by atoms with van der Waals surface area (Å²) < 4.78 is 21.7. The predicted octanol–water partition coefficient (Wildman–Crippen LogP) is 4.93. The maximum atomic E-state index is 8.64. The first-order valence-corrected chi connectivity index (χ1v) is 9.88. The first-order chi connectivity index (χ1) is 14.3. The number of rotatable bonds is 3. The Bertz CT molecular complexity index is 1300. The third-order valence-corrected chi connectivity index (χ3v) is 5.69. The Morgan fingerprint density at radius 1 is 1.18 bits per heavy atom. The zero-order chi connectivity index (χ0) is 21.2. The monoisotopic (exact) mass is 370 g/mol. The lowest BCUT2D eigenvalue weighted by Gasteiger charge is -2.14. The molecule has 0 spiro atoms. The molecule has 0 atom stereocenters. The molecule has 2 aromatic carbocycles. The van der Waals surface area contributed by atoms with Crippen molar-refractivity contribution in [2.75, 3.05) is 0 Å². The van der Waals surface area contributed by atoms with Gasteiger partial charge in [-0.05, 0) is 42.0 Å². The van der Waals surface area contributed by atoms with Crippen LogP contribution in [0.1, 0.15) is 39.1 Å². The van der Waals surface area contributed by atoms with E-state index in [2.05, 4.69) is 58.4 Å². The van der Waals surface area contributed by atoms with Crippen molar-refractivity contribution in [2.45, 2.75) is 33.6 Å². The van der Waals surface area contributed by atoms with E-state index >= 15 is 0 Å². The normalized spacial score (nSPS) is 14.2. The number of pyridine rings is 1. The van der Waals surface area contributed by atoms with Gasteiger partial charge < -0.3 is 4.57 Å². The maximum Gasteiger partial charge on any atom is 0.215 e. The molecule has 0 fully saturated rings. The predicted molar refractivity (Wildman–Crippen MR) is 114 cm³/mol. The number of hydrogen-bond acceptors (Lipinski definition) is 1. The molecule has 5 rings (SSSR count). The molecule has 140 valence electrons. The lowest BCUT2D eigenvalue weighted by molar-refractivity contribution is -0.633. The van der Waals surface area contributed by atoms with E-state index in [1.165, 1.54) is 22.4 Å². The molecule has 0 amide bonds. The second-order valence-electron chi connectivity index (χ2n) is 7.97. The van der Waals surface area contributed by atoms with Gasteiger partial charge in [-0.2, -0.15) is 4.57 Å². The highest BCUT2D eigenvalue weighted by molar-refractivity contribution is 5.83. The van der Waals surface area contributed by atoms with Crippen molar-refractivity contribution < 1.29 is 7.31 Å². The largest absolute Gasteiger partial charge is 0.302 e. The summed E-state index contributed by atoms with van der Waals surface area (Å²) in [5.74, 6) is 0.972. The Hall–Kier alpha value is -2.94. The average Bonchev–Trinajstić information content (AvgIpc) is 3.30. The third kappa shape index (κ3) is 2.50. The van der Waals surface area contributed by atoms with E-state index in [0.717, 1.165) is 34.4 Å². The lowest BCUT2D eigenvalue weighted by Crippen LogP contribution is -2.32. The van der Waals surface area contributed by atoms with Crippen molar-refractivity contribution >= 4 is 10.9 Å². The molecular weight excluding hydrogens is 342 g/mol. The minimum absolute atomic E-state index is 0.104. The fraction of sp³-hybridized carbons (Fsp3) is 0.280. The summed E-state index contributed by atoms with van der Waals surface area (Å²) in [5.41, 5.74) is 7.86. The topological polar surface area (TPSA) is 21.7 Å². The van der Waals surface area contributed by atoms with E-state index in [1.54, 1.807) is 0 Å². The summed E-state index contributed by atoms with van der Waals surface area (Å²) in [7, 11) is 2.08. The van der Waals surface area contributed by atoms with Crippen molar-refractivity contribution in [3.8, 4) is 16.9 Å². The Labute approximate surface area is 169 Å². The van der Waals surface area contributed by atoms with Gasteiger partial charge in [-0.3, -0.25) is 0 Å². The van der Waals surface area contributed by atoms with Crippen LogP contribution in [0.3, 0.4) is 0 Å². The number of aromatic nitrogens is 3. The van der Waals surface area contributed by atoms with E-state index < -0.39 is 6.37 Å². The third-order valence-electron chi connectivity index (χ3n) is 5.69. The molecule has 1 aliphatic heterocycles. The Balaban J connectivity index is 1.78. The molecule has 28 heavy (non-hydrogen) atoms. The number of benzene rings is 2. The minimum atomic E-state index is -1.39. The quantitative estimate of drug-likeness (QED) is 0.413. The summed E-state index contributed by atoms with van der Waals surface area (Å²) in [4.78, 5) is 4.52. The van der Waals surface area contributed by atoms with Crippen LogP contribution in [0, 0.1) is 12.8 Å². The highest BCUT2D eigenvalue weighted by Gasteiger charge is 2.28. The van der Waals surface area contributed by atoms with Gasteiger partial charge in [0.15, 0.2) is 0 Å². The van der Waals surface area contributed by atoms with E-state index in [4.69, 9.17) is 2.74 Å². The van der Waals surface area contributed by atoms with E-state index in [-0.39, 0.29) is 5.92 Å². The van der Waals surface area contributed by atoms with Crippen molar-refractivity contribution in [3.63, 3.8) is 0 Å². The molecular formula is C25H26N3+. The molecule has 4 aromatic rings. The van der Waals surface area contributed by atoms with Gasteiger partial charge in [-0.25, -0.2) is 4.98 Å². The van der Waals surface area contributed by atoms with Gasteiger partial charge in [-0.15, -0.1) is 0 Å². The van der Waals surface area contributed by atoms with Crippen LogP contribution in [0.25, 0.3) is 27.8 Å². The van der Waals surface area contributed by atoms with Crippen LogP contribution in [0.15, 0.2) is 54.9 Å². The molecule has 0 N–H and O–H groups in total. The summed E-state index contributed by atoms with van der Waals surface area (Å²) in [6.45, 7) is 6.03. The van der Waals surface area contributed by atoms with Crippen LogP contribution in [-0.2, 0) is 19.8 Å². The van der Waals surface area contributed by atoms with E-state index in [1.807, 2.05) is 38.4 Å². The van der Waals surface area contributed by atoms with Gasteiger partial charge in [0, 0.05) is 39.1 Å². The van der Waals surface area contributed by atoms with Crippen LogP contribution < -0.4 is 4.57 Å². The molecule has 1 aliphatic rings. The fourth-order valence-corrected chi connectivity index (χ4v) is 4.43. The Morgan fingerprint density at radius 3 is 2.86 bits per heavy atom. The zero-order valence-corrected chi connectivity index (χ0v) is 16.8. The Kier molecular flexibility index (Phi) is 3.38. The minimum Gasteiger partial charge on any atom is -0.302 e. The number of imidazole rings is 1. The molecule has 0 bridgehead atoms. The summed E-state index contributed by atoms with van der Waals surface area (Å²) in [6, 6.07) is 14.6. The molecule has 3 heterocycles. The molecule has 0 aliphatic carbocycles. The van der Waals surface area contributed by atoms with Gasteiger partial charge in [0.25, 0.3) is 0 Å². The van der Waals surface area contributed by atoms with Gasteiger partial charge in [0.1, 0.15) is 12.9 Å². The number of hydrogen-bond donors (Lipinski definition) is 0. The molecule has 0 saturated heterocycles. The second kappa shape index (κ2) is 6.30. The summed E-state index contributed by atoms with van der Waals surface area (Å²) in [6.07, 6.45) is 3.38. The smallest absolute Gasteiger partial charge is 0.215 e. The van der Waals surface area contributed by atoms with Crippen molar-refractivity contribution in [2.24, 2.45) is 13.0 Å². The van der Waals surface area contributed by atoms with E-state index in [9.17, 15) is 0 Å². The van der Waals surface area contributed by atoms with Crippen molar-refractivity contribution in [3.05, 3.63) is 77.4 Å². The van der Waals surface area contributed by atoms with Crippen molar-refractivity contribution in [1.82, 2.24) is 9.55 Å². The van der Waals surface area contributed by atoms with Crippen LogP contribution in [0.4, 0.5) is 0 Å². The first-order valence-electron chi connectivity index (χ1n) is 10.9.